The van der Waals surface area contributed by atoms with Crippen molar-refractivity contribution in [2.45, 2.75) is 25.1 Å². The van der Waals surface area contributed by atoms with Gasteiger partial charge in [0.05, 0.1) is 17.1 Å². The van der Waals surface area contributed by atoms with E-state index in [-0.39, 0.29) is 5.91 Å². The van der Waals surface area contributed by atoms with Crippen LogP contribution in [0.1, 0.15) is 17.0 Å². The summed E-state index contributed by atoms with van der Waals surface area (Å²) in [6.45, 7) is 5.90. The summed E-state index contributed by atoms with van der Waals surface area (Å²) in [6.07, 6.45) is 0. The Labute approximate surface area is 149 Å². The minimum absolute atomic E-state index is 0.0684. The van der Waals surface area contributed by atoms with Gasteiger partial charge in [0, 0.05) is 17.1 Å². The van der Waals surface area contributed by atoms with Crippen molar-refractivity contribution in [3.63, 3.8) is 0 Å². The van der Waals surface area contributed by atoms with Crippen molar-refractivity contribution < 1.29 is 4.79 Å². The summed E-state index contributed by atoms with van der Waals surface area (Å²) < 4.78 is 2.66. The maximum absolute atomic E-state index is 12.2. The van der Waals surface area contributed by atoms with E-state index >= 15 is 0 Å². The molecule has 0 saturated heterocycles. The number of nitrogens with one attached hydrogen (secondary N) is 1. The van der Waals surface area contributed by atoms with Crippen LogP contribution in [0.25, 0.3) is 5.69 Å². The third kappa shape index (κ3) is 4.04. The number of nitrogens with zero attached hydrogens (tertiary/aromatic N) is 3. The molecule has 1 aromatic carbocycles. The molecule has 0 bridgehead atoms. The van der Waals surface area contributed by atoms with Crippen LogP contribution in [0.4, 0.5) is 5.82 Å². The van der Waals surface area contributed by atoms with Gasteiger partial charge >= 0.3 is 0 Å². The van der Waals surface area contributed by atoms with Crippen molar-refractivity contribution in [3.05, 3.63) is 52.7 Å². The van der Waals surface area contributed by atoms with Crippen LogP contribution >= 0.6 is 23.1 Å². The molecule has 0 unspecified atom stereocenters. The molecule has 3 aromatic rings. The predicted molar refractivity (Wildman–Crippen MR) is 99.2 cm³/mol. The Bertz CT molecular complexity index is 852. The van der Waals surface area contributed by atoms with Crippen LogP contribution in [0, 0.1) is 20.8 Å². The number of carbonyl (C=O) groups is 1. The Morgan fingerprint density at radius 1 is 1.21 bits per heavy atom. The lowest BCUT2D eigenvalue weighted by atomic mass is 10.2. The molecule has 0 atom stereocenters. The first-order valence-electron chi connectivity index (χ1n) is 7.50. The highest BCUT2D eigenvalue weighted by atomic mass is 32.2. The Kier molecular flexibility index (Phi) is 5.01. The number of amides is 1. The summed E-state index contributed by atoms with van der Waals surface area (Å²) in [7, 11) is 0. The molecule has 24 heavy (non-hydrogen) atoms. The number of thiazole rings is 1. The van der Waals surface area contributed by atoms with Crippen LogP contribution in [0.3, 0.4) is 0 Å². The van der Waals surface area contributed by atoms with E-state index in [0.29, 0.717) is 11.6 Å². The molecule has 0 saturated carbocycles. The maximum Gasteiger partial charge on any atom is 0.235 e. The SMILES string of the molecule is Cc1ccc(-n2nc(C)cc2NC(=O)CSc2nc(C)cs2)cc1. The Balaban J connectivity index is 1.70. The summed E-state index contributed by atoms with van der Waals surface area (Å²) in [5.74, 6) is 0.934. The number of thioether (sulfide) groups is 1. The zero-order valence-electron chi connectivity index (χ0n) is 13.7. The highest BCUT2D eigenvalue weighted by Crippen LogP contribution is 2.23. The highest BCUT2D eigenvalue weighted by molar-refractivity contribution is 8.01. The minimum Gasteiger partial charge on any atom is -0.310 e. The molecule has 0 fully saturated rings. The van der Waals surface area contributed by atoms with Crippen LogP contribution in [0.5, 0.6) is 0 Å². The van der Waals surface area contributed by atoms with Gasteiger partial charge < -0.3 is 5.32 Å². The van der Waals surface area contributed by atoms with Crippen LogP contribution in [-0.2, 0) is 4.79 Å². The Morgan fingerprint density at radius 3 is 2.62 bits per heavy atom. The summed E-state index contributed by atoms with van der Waals surface area (Å²) in [5.41, 5.74) is 3.95. The number of hydrogen-bond acceptors (Lipinski definition) is 5. The topological polar surface area (TPSA) is 59.8 Å². The lowest BCUT2D eigenvalue weighted by Gasteiger charge is -2.09. The molecular weight excluding hydrogens is 340 g/mol. The molecular formula is C17H18N4OS2. The predicted octanol–water partition coefficient (Wildman–Crippen LogP) is 3.98. The molecule has 5 nitrogen and oxygen atoms in total. The van der Waals surface area contributed by atoms with Crippen molar-refractivity contribution in [1.82, 2.24) is 14.8 Å². The van der Waals surface area contributed by atoms with Gasteiger partial charge in [-0.2, -0.15) is 5.10 Å². The van der Waals surface area contributed by atoms with Crippen molar-refractivity contribution >= 4 is 34.8 Å². The smallest absolute Gasteiger partial charge is 0.235 e. The van der Waals surface area contributed by atoms with Gasteiger partial charge in [-0.05, 0) is 32.9 Å². The molecule has 0 aliphatic heterocycles. The molecule has 124 valence electrons. The number of benzene rings is 1. The molecule has 0 aliphatic rings. The molecule has 0 radical (unpaired) electrons. The largest absolute Gasteiger partial charge is 0.310 e. The van der Waals surface area contributed by atoms with Crippen LogP contribution in [0.15, 0.2) is 40.1 Å². The van der Waals surface area contributed by atoms with Gasteiger partial charge in [0.25, 0.3) is 0 Å². The first kappa shape index (κ1) is 16.7. The quantitative estimate of drug-likeness (QED) is 0.701. The minimum atomic E-state index is -0.0684. The fourth-order valence-electron chi connectivity index (χ4n) is 2.18. The van der Waals surface area contributed by atoms with E-state index in [1.807, 2.05) is 56.5 Å². The van der Waals surface area contributed by atoms with E-state index in [2.05, 4.69) is 15.4 Å². The lowest BCUT2D eigenvalue weighted by molar-refractivity contribution is -0.113. The van der Waals surface area contributed by atoms with Gasteiger partial charge in [0.2, 0.25) is 5.91 Å². The summed E-state index contributed by atoms with van der Waals surface area (Å²) in [5, 5.41) is 9.39. The first-order chi connectivity index (χ1) is 11.5. The van der Waals surface area contributed by atoms with Gasteiger partial charge in [-0.1, -0.05) is 29.5 Å². The second-order valence-electron chi connectivity index (χ2n) is 5.51. The van der Waals surface area contributed by atoms with E-state index in [1.165, 1.54) is 17.3 Å². The highest BCUT2D eigenvalue weighted by Gasteiger charge is 2.12. The van der Waals surface area contributed by atoms with Gasteiger partial charge in [0.1, 0.15) is 5.82 Å². The average molecular weight is 358 g/mol. The molecule has 1 N–H and O–H groups in total. The summed E-state index contributed by atoms with van der Waals surface area (Å²) >= 11 is 3.00. The fraction of sp³-hybridized carbons (Fsp3) is 0.235. The van der Waals surface area contributed by atoms with Crippen LogP contribution in [-0.4, -0.2) is 26.4 Å². The molecule has 7 heteroatoms. The number of anilines is 1. The normalized spacial score (nSPS) is 10.8. The monoisotopic (exact) mass is 358 g/mol. The second kappa shape index (κ2) is 7.19. The van der Waals surface area contributed by atoms with E-state index in [0.717, 1.165) is 21.4 Å². The van der Waals surface area contributed by atoms with Crippen LogP contribution < -0.4 is 5.32 Å². The van der Waals surface area contributed by atoms with Crippen LogP contribution in [0.2, 0.25) is 0 Å². The first-order valence-corrected chi connectivity index (χ1v) is 9.36. The van der Waals surface area contributed by atoms with Crippen molar-refractivity contribution in [1.29, 1.82) is 0 Å². The summed E-state index contributed by atoms with van der Waals surface area (Å²) in [6, 6.07) is 9.90. The summed E-state index contributed by atoms with van der Waals surface area (Å²) in [4.78, 5) is 16.6. The zero-order valence-corrected chi connectivity index (χ0v) is 15.4. The third-order valence-electron chi connectivity index (χ3n) is 3.30. The molecule has 2 aromatic heterocycles. The fourth-order valence-corrected chi connectivity index (χ4v) is 3.83. The second-order valence-corrected chi connectivity index (χ2v) is 7.59. The van der Waals surface area contributed by atoms with Gasteiger partial charge in [-0.3, -0.25) is 4.79 Å². The maximum atomic E-state index is 12.2. The average Bonchev–Trinajstić information content (AvgIpc) is 3.12. The van der Waals surface area contributed by atoms with E-state index in [4.69, 9.17) is 0 Å². The van der Waals surface area contributed by atoms with Gasteiger partial charge in [-0.25, -0.2) is 9.67 Å². The van der Waals surface area contributed by atoms with E-state index < -0.39 is 0 Å². The van der Waals surface area contributed by atoms with E-state index in [9.17, 15) is 4.79 Å². The number of aryl methyl sites for hydroxylation is 3. The molecule has 2 heterocycles. The zero-order chi connectivity index (χ0) is 17.1. The Morgan fingerprint density at radius 2 is 1.96 bits per heavy atom. The molecule has 0 spiro atoms. The van der Waals surface area contributed by atoms with Gasteiger partial charge in [0.15, 0.2) is 4.34 Å². The van der Waals surface area contributed by atoms with E-state index in [1.54, 1.807) is 16.0 Å². The van der Waals surface area contributed by atoms with Gasteiger partial charge in [-0.15, -0.1) is 11.3 Å². The lowest BCUT2D eigenvalue weighted by Crippen LogP contribution is -2.16. The van der Waals surface area contributed by atoms with Crippen molar-refractivity contribution in [2.75, 3.05) is 11.1 Å². The number of carbonyl (C=O) groups excluding carboxylic acids is 1. The molecule has 3 rings (SSSR count). The number of rotatable bonds is 5. The third-order valence-corrected chi connectivity index (χ3v) is 5.44. The Hall–Kier alpha value is -2.12. The standard InChI is InChI=1S/C17H18N4OS2/c1-11-4-6-14(7-5-11)21-15(8-12(2)20-21)19-16(22)10-24-17-18-13(3)9-23-17/h4-9H,10H2,1-3H3,(H,19,22). The number of aromatic nitrogens is 3. The molecule has 1 amide bonds. The molecule has 0 aliphatic carbocycles. The van der Waals surface area contributed by atoms with Crippen molar-refractivity contribution in [2.24, 2.45) is 0 Å². The van der Waals surface area contributed by atoms with Crippen molar-refractivity contribution in [3.8, 4) is 5.69 Å². The number of hydrogen-bond donors (Lipinski definition) is 1.